The van der Waals surface area contributed by atoms with Crippen LogP contribution in [0, 0.1) is 0 Å². The monoisotopic (exact) mass is 332 g/mol. The molecule has 1 amide bonds. The molecule has 2 aliphatic heterocycles. The predicted octanol–water partition coefficient (Wildman–Crippen LogP) is 1.79. The van der Waals surface area contributed by atoms with Crippen molar-refractivity contribution in [3.63, 3.8) is 0 Å². The van der Waals surface area contributed by atoms with E-state index >= 15 is 0 Å². The lowest BCUT2D eigenvalue weighted by molar-refractivity contribution is 0.00578. The Morgan fingerprint density at radius 3 is 2.21 bits per heavy atom. The maximum absolute atomic E-state index is 11.0. The predicted molar refractivity (Wildman–Crippen MR) is 94.0 cm³/mol. The Morgan fingerprint density at radius 2 is 1.67 bits per heavy atom. The summed E-state index contributed by atoms with van der Waals surface area (Å²) in [4.78, 5) is 14.7. The van der Waals surface area contributed by atoms with Gasteiger partial charge in [-0.2, -0.15) is 0 Å². The van der Waals surface area contributed by atoms with E-state index in [1.165, 1.54) is 4.90 Å². The van der Waals surface area contributed by atoms with E-state index in [4.69, 9.17) is 14.4 Å². The summed E-state index contributed by atoms with van der Waals surface area (Å²) >= 11 is 0. The Morgan fingerprint density at radius 1 is 1.08 bits per heavy atom. The quantitative estimate of drug-likeness (QED) is 0.837. The number of amides is 1. The number of piperazine rings is 1. The molecule has 2 fully saturated rings. The van der Waals surface area contributed by atoms with E-state index in [0.717, 1.165) is 11.2 Å². The van der Waals surface area contributed by atoms with Gasteiger partial charge in [-0.1, -0.05) is 12.1 Å². The molecule has 2 heterocycles. The Hall–Kier alpha value is -1.73. The second-order valence-corrected chi connectivity index (χ2v) is 7.44. The van der Waals surface area contributed by atoms with Crippen LogP contribution in [0.1, 0.15) is 27.7 Å². The van der Waals surface area contributed by atoms with Crippen molar-refractivity contribution < 1.29 is 19.2 Å². The third-order valence-electron chi connectivity index (χ3n) is 5.31. The van der Waals surface area contributed by atoms with Gasteiger partial charge in [0.1, 0.15) is 0 Å². The molecule has 0 aromatic heterocycles. The zero-order chi connectivity index (χ0) is 17.5. The number of nitrogens with zero attached hydrogens (tertiary/aromatic N) is 2. The molecule has 0 aliphatic carbocycles. The molecule has 6 nitrogen and oxygen atoms in total. The van der Waals surface area contributed by atoms with E-state index in [2.05, 4.69) is 11.0 Å². The third-order valence-corrected chi connectivity index (χ3v) is 5.31. The second kappa shape index (κ2) is 5.97. The molecule has 2 saturated heterocycles. The minimum atomic E-state index is -0.847. The molecule has 0 radical (unpaired) electrons. The van der Waals surface area contributed by atoms with E-state index in [0.29, 0.717) is 26.2 Å². The highest BCUT2D eigenvalue weighted by Crippen LogP contribution is 2.36. The van der Waals surface area contributed by atoms with Crippen LogP contribution in [0.4, 0.5) is 10.5 Å². The molecule has 0 spiro atoms. The van der Waals surface area contributed by atoms with Crippen LogP contribution in [0.5, 0.6) is 0 Å². The fraction of sp³-hybridized carbons (Fsp3) is 0.588. The maximum Gasteiger partial charge on any atom is 0.494 e. The van der Waals surface area contributed by atoms with Crippen molar-refractivity contribution in [3.05, 3.63) is 24.3 Å². The Labute approximate surface area is 143 Å². The molecule has 0 bridgehead atoms. The molecule has 1 aromatic rings. The summed E-state index contributed by atoms with van der Waals surface area (Å²) in [6.45, 7) is 10.6. The lowest BCUT2D eigenvalue weighted by Crippen LogP contribution is -2.48. The number of benzene rings is 1. The number of rotatable bonds is 2. The normalized spacial score (nSPS) is 22.8. The summed E-state index contributed by atoms with van der Waals surface area (Å²) in [7, 11) is -0.379. The zero-order valence-corrected chi connectivity index (χ0v) is 14.8. The number of hydrogen-bond acceptors (Lipinski definition) is 4. The van der Waals surface area contributed by atoms with Crippen LogP contribution < -0.4 is 10.4 Å². The number of carboxylic acid groups (broad SMARTS) is 1. The zero-order valence-electron chi connectivity index (χ0n) is 14.8. The first-order valence-electron chi connectivity index (χ1n) is 8.38. The van der Waals surface area contributed by atoms with Gasteiger partial charge in [0.15, 0.2) is 0 Å². The molecule has 1 N–H and O–H groups in total. The summed E-state index contributed by atoms with van der Waals surface area (Å²) in [5.74, 6) is 0. The molecular weight excluding hydrogens is 307 g/mol. The van der Waals surface area contributed by atoms with Gasteiger partial charge in [-0.25, -0.2) is 4.79 Å². The Balaban J connectivity index is 1.73. The van der Waals surface area contributed by atoms with Crippen molar-refractivity contribution in [1.29, 1.82) is 0 Å². The molecular formula is C17H25BN2O4. The first-order chi connectivity index (χ1) is 11.2. The summed E-state index contributed by atoms with van der Waals surface area (Å²) in [5, 5.41) is 9.06. The number of carbonyl (C=O) groups is 1. The molecule has 0 unspecified atom stereocenters. The topological polar surface area (TPSA) is 62.2 Å². The van der Waals surface area contributed by atoms with Gasteiger partial charge in [0.25, 0.3) is 0 Å². The highest BCUT2D eigenvalue weighted by Gasteiger charge is 2.51. The van der Waals surface area contributed by atoms with E-state index < -0.39 is 6.09 Å². The van der Waals surface area contributed by atoms with E-state index in [1.54, 1.807) is 0 Å². The molecule has 3 rings (SSSR count). The molecule has 0 atom stereocenters. The van der Waals surface area contributed by atoms with Gasteiger partial charge in [-0.3, -0.25) is 0 Å². The minimum Gasteiger partial charge on any atom is -0.465 e. The largest absolute Gasteiger partial charge is 0.494 e. The highest BCUT2D eigenvalue weighted by molar-refractivity contribution is 6.62. The number of hydrogen-bond donors (Lipinski definition) is 1. The SMILES string of the molecule is CC1(C)OB(c2cccc(N3CCN(C(=O)O)CC3)c2)OC1(C)C. The van der Waals surface area contributed by atoms with E-state index in [9.17, 15) is 4.79 Å². The van der Waals surface area contributed by atoms with Gasteiger partial charge >= 0.3 is 13.2 Å². The van der Waals surface area contributed by atoms with Crippen molar-refractivity contribution in [2.24, 2.45) is 0 Å². The molecule has 7 heteroatoms. The lowest BCUT2D eigenvalue weighted by Gasteiger charge is -2.34. The summed E-state index contributed by atoms with van der Waals surface area (Å²) in [6.07, 6.45) is -0.847. The van der Waals surface area contributed by atoms with Crippen LogP contribution >= 0.6 is 0 Å². The van der Waals surface area contributed by atoms with Crippen LogP contribution in [-0.2, 0) is 9.31 Å². The van der Waals surface area contributed by atoms with Gasteiger partial charge in [0, 0.05) is 31.9 Å². The molecule has 24 heavy (non-hydrogen) atoms. The third kappa shape index (κ3) is 3.10. The summed E-state index contributed by atoms with van der Waals surface area (Å²) in [5.41, 5.74) is 1.35. The smallest absolute Gasteiger partial charge is 0.465 e. The molecule has 2 aliphatic rings. The average Bonchev–Trinajstić information content (AvgIpc) is 2.76. The molecule has 1 aromatic carbocycles. The van der Waals surface area contributed by atoms with Crippen molar-refractivity contribution >= 4 is 24.4 Å². The van der Waals surface area contributed by atoms with Crippen LogP contribution in [0.15, 0.2) is 24.3 Å². The maximum atomic E-state index is 11.0. The van der Waals surface area contributed by atoms with E-state index in [-0.39, 0.29) is 18.3 Å². The average molecular weight is 332 g/mol. The second-order valence-electron chi connectivity index (χ2n) is 7.44. The van der Waals surface area contributed by atoms with Crippen LogP contribution in [0.25, 0.3) is 0 Å². The van der Waals surface area contributed by atoms with Crippen LogP contribution in [-0.4, -0.2) is 60.6 Å². The van der Waals surface area contributed by atoms with Gasteiger partial charge in [-0.05, 0) is 45.3 Å². The van der Waals surface area contributed by atoms with Gasteiger partial charge < -0.3 is 24.2 Å². The summed E-state index contributed by atoms with van der Waals surface area (Å²) in [6, 6.07) is 8.14. The van der Waals surface area contributed by atoms with Gasteiger partial charge in [0.05, 0.1) is 11.2 Å². The van der Waals surface area contributed by atoms with E-state index in [1.807, 2.05) is 45.9 Å². The van der Waals surface area contributed by atoms with Crippen LogP contribution in [0.2, 0.25) is 0 Å². The number of anilines is 1. The van der Waals surface area contributed by atoms with Crippen molar-refractivity contribution in [2.45, 2.75) is 38.9 Å². The van der Waals surface area contributed by atoms with Gasteiger partial charge in [0.2, 0.25) is 0 Å². The van der Waals surface area contributed by atoms with Crippen LogP contribution in [0.3, 0.4) is 0 Å². The minimum absolute atomic E-state index is 0.360. The van der Waals surface area contributed by atoms with Crippen molar-refractivity contribution in [1.82, 2.24) is 4.90 Å². The molecule has 0 saturated carbocycles. The molecule has 130 valence electrons. The first kappa shape index (κ1) is 17.1. The van der Waals surface area contributed by atoms with Gasteiger partial charge in [-0.15, -0.1) is 0 Å². The fourth-order valence-electron chi connectivity index (χ4n) is 3.00. The Bertz CT molecular complexity index is 611. The lowest BCUT2D eigenvalue weighted by atomic mass is 9.79. The Kier molecular flexibility index (Phi) is 4.26. The van der Waals surface area contributed by atoms with Crippen molar-refractivity contribution in [2.75, 3.05) is 31.1 Å². The first-order valence-corrected chi connectivity index (χ1v) is 8.38. The summed E-state index contributed by atoms with van der Waals surface area (Å²) < 4.78 is 12.2. The van der Waals surface area contributed by atoms with Crippen molar-refractivity contribution in [3.8, 4) is 0 Å². The highest BCUT2D eigenvalue weighted by atomic mass is 16.7. The fourth-order valence-corrected chi connectivity index (χ4v) is 3.00. The standard InChI is InChI=1S/C17H25BN2O4/c1-16(2)17(3,4)24-18(23-16)13-6-5-7-14(12-13)19-8-10-20(11-9-19)15(21)22/h5-7,12H,8-11H2,1-4H3,(H,21,22).